The molecule has 0 atom stereocenters. The van der Waals surface area contributed by atoms with Gasteiger partial charge in [-0.3, -0.25) is 9.80 Å². The molecule has 0 rings (SSSR count). The summed E-state index contributed by atoms with van der Waals surface area (Å²) in [5.41, 5.74) is 1.34. The molecule has 4 heteroatoms. The largest absolute Gasteiger partial charge is 0.305 e. The van der Waals surface area contributed by atoms with Gasteiger partial charge in [0.2, 0.25) is 0 Å². The molecule has 34 heavy (non-hydrogen) atoms. The first-order valence-electron chi connectivity index (χ1n) is 13.7. The lowest BCUT2D eigenvalue weighted by molar-refractivity contribution is 0.136. The van der Waals surface area contributed by atoms with Crippen molar-refractivity contribution < 1.29 is 0 Å². The lowest BCUT2D eigenvalue weighted by atomic mass is 10.1. The van der Waals surface area contributed by atoms with E-state index < -0.39 is 0 Å². The minimum Gasteiger partial charge on any atom is -0.305 e. The minimum absolute atomic E-state index is 0.314. The topological polar surface area (TPSA) is 13.0 Å². The highest BCUT2D eigenvalue weighted by atomic mass is 15.2. The van der Waals surface area contributed by atoms with E-state index in [4.69, 9.17) is 0 Å². The van der Waals surface area contributed by atoms with Crippen molar-refractivity contribution in [1.82, 2.24) is 19.6 Å². The van der Waals surface area contributed by atoms with Gasteiger partial charge in [0.05, 0.1) is 0 Å². The van der Waals surface area contributed by atoms with E-state index in [1.54, 1.807) is 0 Å². The van der Waals surface area contributed by atoms with Gasteiger partial charge >= 0.3 is 0 Å². The average Bonchev–Trinajstić information content (AvgIpc) is 2.62. The SMILES string of the molecule is CC(C)N(C)C(C)(C)C.CCCN(CC)C(C)(C)C.CCN(C)C(C)(C)C.CN(C)C(C)(C)C. The highest BCUT2D eigenvalue weighted by Gasteiger charge is 2.19. The maximum atomic E-state index is 2.49. The molecule has 0 aliphatic rings. The average molecular weight is 489 g/mol. The van der Waals surface area contributed by atoms with Crippen molar-refractivity contribution in [2.45, 2.75) is 152 Å². The fourth-order valence-corrected chi connectivity index (χ4v) is 2.49. The molecule has 0 radical (unpaired) electrons. The van der Waals surface area contributed by atoms with Crippen molar-refractivity contribution in [3.63, 3.8) is 0 Å². The van der Waals surface area contributed by atoms with E-state index in [-0.39, 0.29) is 0 Å². The Labute approximate surface area is 219 Å². The van der Waals surface area contributed by atoms with Gasteiger partial charge in [0.15, 0.2) is 0 Å². The summed E-state index contributed by atoms with van der Waals surface area (Å²) >= 11 is 0. The van der Waals surface area contributed by atoms with E-state index in [1.807, 2.05) is 0 Å². The summed E-state index contributed by atoms with van der Waals surface area (Å²) in [4.78, 5) is 9.35. The second-order valence-corrected chi connectivity index (χ2v) is 13.9. The zero-order chi connectivity index (χ0) is 28.7. The summed E-state index contributed by atoms with van der Waals surface area (Å²) in [6.45, 7) is 41.3. The van der Waals surface area contributed by atoms with E-state index in [0.717, 1.165) is 13.1 Å². The molecule has 0 saturated carbocycles. The molecule has 0 aliphatic carbocycles. The van der Waals surface area contributed by atoms with Gasteiger partial charge in [0, 0.05) is 28.2 Å². The van der Waals surface area contributed by atoms with Crippen LogP contribution in [0.3, 0.4) is 0 Å². The van der Waals surface area contributed by atoms with Crippen LogP contribution in [0.4, 0.5) is 0 Å². The van der Waals surface area contributed by atoms with Crippen LogP contribution in [0.1, 0.15) is 124 Å². The Morgan fingerprint density at radius 2 is 0.882 bits per heavy atom. The summed E-state index contributed by atoms with van der Waals surface area (Å²) < 4.78 is 0. The van der Waals surface area contributed by atoms with Crippen LogP contribution in [0.25, 0.3) is 0 Å². The van der Waals surface area contributed by atoms with Crippen LogP contribution in [0.2, 0.25) is 0 Å². The van der Waals surface area contributed by atoms with Crippen LogP contribution < -0.4 is 0 Å². The fraction of sp³-hybridized carbons (Fsp3) is 1.00. The molecule has 0 spiro atoms. The molecule has 0 unspecified atom stereocenters. The van der Waals surface area contributed by atoms with Crippen LogP contribution in [0.15, 0.2) is 0 Å². The number of hydrogen-bond acceptors (Lipinski definition) is 4. The molecular formula is C30H72N4. The maximum Gasteiger partial charge on any atom is 0.0124 e. The summed E-state index contributed by atoms with van der Waals surface area (Å²) in [5.74, 6) is 0. The second-order valence-electron chi connectivity index (χ2n) is 13.9. The maximum absolute atomic E-state index is 2.49. The molecule has 0 amide bonds. The van der Waals surface area contributed by atoms with Crippen LogP contribution >= 0.6 is 0 Å². The van der Waals surface area contributed by atoms with Gasteiger partial charge in [0.25, 0.3) is 0 Å². The van der Waals surface area contributed by atoms with Gasteiger partial charge in [-0.1, -0.05) is 20.8 Å². The molecule has 0 aliphatic heterocycles. The Morgan fingerprint density at radius 3 is 0.912 bits per heavy atom. The van der Waals surface area contributed by atoms with E-state index in [2.05, 4.69) is 165 Å². The highest BCUT2D eigenvalue weighted by molar-refractivity contribution is 4.75. The number of hydrogen-bond donors (Lipinski definition) is 0. The third-order valence-electron chi connectivity index (χ3n) is 6.62. The van der Waals surface area contributed by atoms with Crippen molar-refractivity contribution in [2.75, 3.05) is 47.8 Å². The van der Waals surface area contributed by atoms with Gasteiger partial charge in [-0.2, -0.15) is 0 Å². The first-order valence-corrected chi connectivity index (χ1v) is 13.7. The smallest absolute Gasteiger partial charge is 0.0124 e. The van der Waals surface area contributed by atoms with Gasteiger partial charge in [-0.05, 0) is 151 Å². The Hall–Kier alpha value is -0.160. The zero-order valence-corrected chi connectivity index (χ0v) is 28.2. The molecular weight excluding hydrogens is 416 g/mol. The normalized spacial score (nSPS) is 12.9. The van der Waals surface area contributed by atoms with Gasteiger partial charge < -0.3 is 9.80 Å². The fourth-order valence-electron chi connectivity index (χ4n) is 2.49. The van der Waals surface area contributed by atoms with Crippen LogP contribution in [-0.2, 0) is 0 Å². The predicted molar refractivity (Wildman–Crippen MR) is 161 cm³/mol. The quantitative estimate of drug-likeness (QED) is 0.392. The predicted octanol–water partition coefficient (Wildman–Crippen LogP) is 7.73. The van der Waals surface area contributed by atoms with E-state index in [1.165, 1.54) is 13.0 Å². The van der Waals surface area contributed by atoms with Crippen molar-refractivity contribution >= 4 is 0 Å². The third-order valence-corrected chi connectivity index (χ3v) is 6.62. The Balaban J connectivity index is -0.000000178. The summed E-state index contributed by atoms with van der Waals surface area (Å²) in [5, 5.41) is 0. The Bertz CT molecular complexity index is 442. The standard InChI is InChI=1S/C9H21N.C8H19N.C7H17N.C6H15N/c1-6-8-10(7-2)9(3,4)5;1-7(2)9(6)8(3,4)5;1-6-8(5)7(2,3)4;1-6(2,3)7(4)5/h6-8H2,1-5H3;7H,1-6H3;6H2,1-5H3;1-5H3. The van der Waals surface area contributed by atoms with Crippen molar-refractivity contribution in [3.05, 3.63) is 0 Å². The molecule has 0 bridgehead atoms. The van der Waals surface area contributed by atoms with Crippen LogP contribution in [0, 0.1) is 0 Å². The third kappa shape index (κ3) is 24.9. The van der Waals surface area contributed by atoms with Gasteiger partial charge in [-0.25, -0.2) is 0 Å². The molecule has 212 valence electrons. The first-order chi connectivity index (χ1) is 14.8. The molecule has 0 N–H and O–H groups in total. The molecule has 0 saturated heterocycles. The Morgan fingerprint density at radius 1 is 0.529 bits per heavy atom. The monoisotopic (exact) mass is 489 g/mol. The van der Waals surface area contributed by atoms with Crippen molar-refractivity contribution in [3.8, 4) is 0 Å². The Kier molecular flexibility index (Phi) is 21.9. The molecule has 0 fully saturated rings. The lowest BCUT2D eigenvalue weighted by Crippen LogP contribution is -2.42. The molecule has 0 aromatic rings. The van der Waals surface area contributed by atoms with E-state index in [0.29, 0.717) is 28.2 Å². The molecule has 0 aromatic carbocycles. The summed E-state index contributed by atoms with van der Waals surface area (Å²) in [6, 6.07) is 0.644. The van der Waals surface area contributed by atoms with Crippen molar-refractivity contribution in [2.24, 2.45) is 0 Å². The lowest BCUT2D eigenvalue weighted by Gasteiger charge is -2.35. The number of nitrogens with zero attached hydrogens (tertiary/aromatic N) is 4. The number of rotatable bonds is 5. The van der Waals surface area contributed by atoms with Crippen LogP contribution in [-0.4, -0.2) is 95.6 Å². The molecule has 0 heterocycles. The second kappa shape index (κ2) is 18.1. The van der Waals surface area contributed by atoms with E-state index in [9.17, 15) is 0 Å². The summed E-state index contributed by atoms with van der Waals surface area (Å²) in [6.07, 6.45) is 1.26. The zero-order valence-electron chi connectivity index (χ0n) is 28.2. The van der Waals surface area contributed by atoms with Crippen LogP contribution in [0.5, 0.6) is 0 Å². The highest BCUT2D eigenvalue weighted by Crippen LogP contribution is 2.13. The molecule has 4 nitrogen and oxygen atoms in total. The molecule has 0 aromatic heterocycles. The first kappa shape index (κ1) is 41.0. The van der Waals surface area contributed by atoms with Gasteiger partial charge in [0.1, 0.15) is 0 Å². The minimum atomic E-state index is 0.314. The van der Waals surface area contributed by atoms with Crippen molar-refractivity contribution in [1.29, 1.82) is 0 Å². The van der Waals surface area contributed by atoms with Gasteiger partial charge in [-0.15, -0.1) is 0 Å². The van der Waals surface area contributed by atoms with E-state index >= 15 is 0 Å². The summed E-state index contributed by atoms with van der Waals surface area (Å²) in [7, 11) is 8.46.